The largest absolute Gasteiger partial charge is 0.102 e. The fraction of sp³-hybridized carbons (Fsp3) is 0.789. The number of rotatable bonds is 4. The molecule has 0 saturated heterocycles. The van der Waals surface area contributed by atoms with Gasteiger partial charge in [-0.2, -0.15) is 0 Å². The van der Waals surface area contributed by atoms with Gasteiger partial charge in [0.2, 0.25) is 0 Å². The first-order chi connectivity index (χ1) is 9.26. The predicted octanol–water partition coefficient (Wildman–Crippen LogP) is 5.75. The van der Waals surface area contributed by atoms with E-state index in [0.717, 1.165) is 23.7 Å². The summed E-state index contributed by atoms with van der Waals surface area (Å²) in [6, 6.07) is 0. The van der Waals surface area contributed by atoms with Crippen molar-refractivity contribution in [1.29, 1.82) is 0 Å². The Hall–Kier alpha value is -0.260. The van der Waals surface area contributed by atoms with Crippen LogP contribution < -0.4 is 0 Å². The normalized spacial score (nSPS) is 35.4. The van der Waals surface area contributed by atoms with Crippen molar-refractivity contribution in [3.63, 3.8) is 0 Å². The van der Waals surface area contributed by atoms with Gasteiger partial charge >= 0.3 is 0 Å². The van der Waals surface area contributed by atoms with Crippen LogP contribution in [0, 0.1) is 35.5 Å². The second-order valence-electron chi connectivity index (χ2n) is 7.45. The van der Waals surface area contributed by atoms with Gasteiger partial charge in [-0.05, 0) is 99.7 Å². The van der Waals surface area contributed by atoms with Gasteiger partial charge in [-0.3, -0.25) is 0 Å². The highest BCUT2D eigenvalue weighted by atomic mass is 14.4. The van der Waals surface area contributed by atoms with Gasteiger partial charge in [0.1, 0.15) is 0 Å². The molecule has 0 heterocycles. The van der Waals surface area contributed by atoms with Crippen LogP contribution in [-0.4, -0.2) is 0 Å². The molecule has 0 heteroatoms. The average Bonchev–Trinajstić information content (AvgIpc) is 3.15. The van der Waals surface area contributed by atoms with Crippen LogP contribution in [0.25, 0.3) is 0 Å². The minimum absolute atomic E-state index is 0.962. The van der Waals surface area contributed by atoms with E-state index in [-0.39, 0.29) is 0 Å². The third-order valence-electron chi connectivity index (χ3n) is 6.15. The van der Waals surface area contributed by atoms with E-state index in [1.54, 1.807) is 12.3 Å². The first-order valence-electron chi connectivity index (χ1n) is 8.58. The van der Waals surface area contributed by atoms with Crippen molar-refractivity contribution >= 4 is 0 Å². The number of allylic oxidation sites excluding steroid dienone is 1. The molecular formula is C19H30. The first-order valence-corrected chi connectivity index (χ1v) is 8.58. The predicted molar refractivity (Wildman–Crippen MR) is 82.5 cm³/mol. The van der Waals surface area contributed by atoms with Crippen molar-refractivity contribution in [2.75, 3.05) is 0 Å². The maximum absolute atomic E-state index is 3.93. The fourth-order valence-corrected chi connectivity index (χ4v) is 4.45. The van der Waals surface area contributed by atoms with Crippen molar-refractivity contribution in [2.45, 2.75) is 71.1 Å². The lowest BCUT2D eigenvalue weighted by Gasteiger charge is -2.37. The molecule has 2 radical (unpaired) electrons. The molecule has 0 aromatic heterocycles. The molecule has 3 rings (SSSR count). The summed E-state index contributed by atoms with van der Waals surface area (Å²) in [6.07, 6.45) is 16.6. The highest BCUT2D eigenvalue weighted by Crippen LogP contribution is 2.48. The van der Waals surface area contributed by atoms with Crippen molar-refractivity contribution in [3.8, 4) is 0 Å². The Morgan fingerprint density at radius 1 is 1.05 bits per heavy atom. The third-order valence-corrected chi connectivity index (χ3v) is 6.15. The van der Waals surface area contributed by atoms with Crippen LogP contribution in [0.15, 0.2) is 12.7 Å². The van der Waals surface area contributed by atoms with Gasteiger partial charge in [-0.1, -0.05) is 13.0 Å². The standard InChI is InChI=1S/C19H30/c1-3-15-4-8-17(9-5-15)18-10-6-16(7-11-18)13-19-12-14(19)2/h3,14,16-17,19H,1,4-13H2,2H3. The Balaban J connectivity index is 1.39. The Bertz CT molecular complexity index is 289. The summed E-state index contributed by atoms with van der Waals surface area (Å²) < 4.78 is 0. The summed E-state index contributed by atoms with van der Waals surface area (Å²) in [7, 11) is 0. The molecule has 0 spiro atoms. The molecule has 0 nitrogen and oxygen atoms in total. The molecule has 0 bridgehead atoms. The highest BCUT2D eigenvalue weighted by Gasteiger charge is 2.36. The van der Waals surface area contributed by atoms with E-state index in [9.17, 15) is 0 Å². The summed E-state index contributed by atoms with van der Waals surface area (Å²) >= 11 is 0. The Morgan fingerprint density at radius 3 is 2.21 bits per heavy atom. The van der Waals surface area contributed by atoms with E-state index in [1.807, 2.05) is 5.92 Å². The van der Waals surface area contributed by atoms with Crippen molar-refractivity contribution in [3.05, 3.63) is 24.5 Å². The van der Waals surface area contributed by atoms with E-state index in [1.165, 1.54) is 57.8 Å². The van der Waals surface area contributed by atoms with Gasteiger partial charge in [0, 0.05) is 0 Å². The van der Waals surface area contributed by atoms with E-state index in [0.29, 0.717) is 0 Å². The minimum Gasteiger partial charge on any atom is -0.102 e. The quantitative estimate of drug-likeness (QED) is 0.602. The maximum atomic E-state index is 3.93. The van der Waals surface area contributed by atoms with Crippen LogP contribution in [0.4, 0.5) is 0 Å². The number of hydrogen-bond acceptors (Lipinski definition) is 0. The molecule has 3 aliphatic carbocycles. The van der Waals surface area contributed by atoms with Gasteiger partial charge in [-0.25, -0.2) is 0 Å². The molecule has 0 amide bonds. The van der Waals surface area contributed by atoms with Gasteiger partial charge in [-0.15, -0.1) is 6.58 Å². The van der Waals surface area contributed by atoms with Crippen molar-refractivity contribution < 1.29 is 0 Å². The molecule has 0 aliphatic heterocycles. The summed E-state index contributed by atoms with van der Waals surface area (Å²) in [5.41, 5.74) is 0. The zero-order chi connectivity index (χ0) is 13.2. The molecule has 106 valence electrons. The summed E-state index contributed by atoms with van der Waals surface area (Å²) in [6.45, 7) is 6.36. The first kappa shape index (κ1) is 13.7. The van der Waals surface area contributed by atoms with Crippen LogP contribution >= 0.6 is 0 Å². The van der Waals surface area contributed by atoms with Gasteiger partial charge in [0.05, 0.1) is 0 Å². The van der Waals surface area contributed by atoms with Crippen LogP contribution in [0.3, 0.4) is 0 Å². The molecule has 2 atom stereocenters. The zero-order valence-corrected chi connectivity index (χ0v) is 12.7. The zero-order valence-electron chi connectivity index (χ0n) is 12.7. The Kier molecular flexibility index (Phi) is 4.34. The van der Waals surface area contributed by atoms with E-state index >= 15 is 0 Å². The average molecular weight is 258 g/mol. The number of hydrogen-bond donors (Lipinski definition) is 0. The molecule has 19 heavy (non-hydrogen) atoms. The monoisotopic (exact) mass is 258 g/mol. The molecular weight excluding hydrogens is 228 g/mol. The molecule has 3 fully saturated rings. The van der Waals surface area contributed by atoms with E-state index in [4.69, 9.17) is 0 Å². The minimum atomic E-state index is 0.962. The Labute approximate surface area is 120 Å². The Morgan fingerprint density at radius 2 is 1.68 bits per heavy atom. The van der Waals surface area contributed by atoms with E-state index in [2.05, 4.69) is 19.6 Å². The lowest BCUT2D eigenvalue weighted by molar-refractivity contribution is 0.279. The second kappa shape index (κ2) is 6.02. The SMILES string of the molecule is C=C[C]1CCC([C]2CCC(CC3CC3C)CC2)CC1. The topological polar surface area (TPSA) is 0 Å². The second-order valence-corrected chi connectivity index (χ2v) is 7.45. The van der Waals surface area contributed by atoms with Crippen LogP contribution in [0.1, 0.15) is 71.1 Å². The molecule has 0 aromatic rings. The molecule has 3 saturated carbocycles. The van der Waals surface area contributed by atoms with Crippen LogP contribution in [0.5, 0.6) is 0 Å². The summed E-state index contributed by atoms with van der Waals surface area (Å²) in [5.74, 6) is 7.72. The van der Waals surface area contributed by atoms with Gasteiger partial charge < -0.3 is 0 Å². The lowest BCUT2D eigenvalue weighted by Crippen LogP contribution is -2.23. The molecule has 0 N–H and O–H groups in total. The smallest absolute Gasteiger partial charge is 0.00299 e. The fourth-order valence-electron chi connectivity index (χ4n) is 4.45. The lowest BCUT2D eigenvalue weighted by atomic mass is 9.68. The molecule has 2 unspecified atom stereocenters. The van der Waals surface area contributed by atoms with Crippen LogP contribution in [0.2, 0.25) is 0 Å². The maximum Gasteiger partial charge on any atom is -0.00299 e. The molecule has 3 aliphatic rings. The highest BCUT2D eigenvalue weighted by molar-refractivity contribution is 5.12. The third kappa shape index (κ3) is 3.44. The van der Waals surface area contributed by atoms with Crippen molar-refractivity contribution in [1.82, 2.24) is 0 Å². The molecule has 0 aromatic carbocycles. The summed E-state index contributed by atoms with van der Waals surface area (Å²) in [4.78, 5) is 0. The van der Waals surface area contributed by atoms with Crippen LogP contribution in [-0.2, 0) is 0 Å². The van der Waals surface area contributed by atoms with Gasteiger partial charge in [0.25, 0.3) is 0 Å². The summed E-state index contributed by atoms with van der Waals surface area (Å²) in [5, 5.41) is 0. The van der Waals surface area contributed by atoms with E-state index < -0.39 is 0 Å². The van der Waals surface area contributed by atoms with Crippen molar-refractivity contribution in [2.24, 2.45) is 23.7 Å². The van der Waals surface area contributed by atoms with Gasteiger partial charge in [0.15, 0.2) is 0 Å².